The Bertz CT molecular complexity index is 1030. The van der Waals surface area contributed by atoms with Crippen molar-refractivity contribution in [2.24, 2.45) is 0 Å². The molecule has 1 aliphatic carbocycles. The second kappa shape index (κ2) is 5.63. The van der Waals surface area contributed by atoms with Gasteiger partial charge < -0.3 is 10.6 Å². The highest BCUT2D eigenvalue weighted by Gasteiger charge is 2.47. The molecule has 3 aromatic rings. The molecule has 1 unspecified atom stereocenters. The average Bonchev–Trinajstić information content (AvgIpc) is 2.71. The fourth-order valence-corrected chi connectivity index (χ4v) is 4.21. The molecule has 1 spiro atoms. The molecule has 0 saturated heterocycles. The molecular formula is C24H20N2. The van der Waals surface area contributed by atoms with Gasteiger partial charge in [0.2, 0.25) is 0 Å². The van der Waals surface area contributed by atoms with E-state index in [1.807, 2.05) is 12.1 Å². The predicted octanol–water partition coefficient (Wildman–Crippen LogP) is 5.80. The second-order valence-electron chi connectivity index (χ2n) is 6.91. The van der Waals surface area contributed by atoms with Crippen LogP contribution in [0.5, 0.6) is 0 Å². The van der Waals surface area contributed by atoms with Crippen molar-refractivity contribution in [1.29, 1.82) is 0 Å². The summed E-state index contributed by atoms with van der Waals surface area (Å²) in [7, 11) is 0. The molecule has 0 saturated carbocycles. The van der Waals surface area contributed by atoms with Gasteiger partial charge in [0, 0.05) is 28.2 Å². The summed E-state index contributed by atoms with van der Waals surface area (Å²) in [6.07, 6.45) is 9.82. The van der Waals surface area contributed by atoms with Crippen molar-refractivity contribution in [3.63, 3.8) is 0 Å². The lowest BCUT2D eigenvalue weighted by Gasteiger charge is -2.54. The molecule has 2 aliphatic rings. The molecule has 2 N–H and O–H groups in total. The highest BCUT2D eigenvalue weighted by atomic mass is 15.3. The lowest BCUT2D eigenvalue weighted by atomic mass is 9.73. The Morgan fingerprint density at radius 2 is 1.65 bits per heavy atom. The van der Waals surface area contributed by atoms with Crippen molar-refractivity contribution in [3.05, 3.63) is 103 Å². The molecule has 1 heterocycles. The van der Waals surface area contributed by atoms with E-state index in [-0.39, 0.29) is 5.54 Å². The molecular weight excluding hydrogens is 316 g/mol. The summed E-state index contributed by atoms with van der Waals surface area (Å²) in [6, 6.07) is 25.4. The van der Waals surface area contributed by atoms with Gasteiger partial charge in [0.1, 0.15) is 0 Å². The number of allylic oxidation sites excluding steroid dienone is 2. The molecule has 1 atom stereocenters. The maximum Gasteiger partial charge on any atom is 0.0943 e. The van der Waals surface area contributed by atoms with Crippen molar-refractivity contribution in [3.8, 4) is 11.1 Å². The zero-order valence-corrected chi connectivity index (χ0v) is 14.5. The lowest BCUT2D eigenvalue weighted by Crippen LogP contribution is -2.51. The van der Waals surface area contributed by atoms with Crippen LogP contribution < -0.4 is 10.6 Å². The van der Waals surface area contributed by atoms with Crippen LogP contribution in [0.15, 0.2) is 97.1 Å². The topological polar surface area (TPSA) is 29.3 Å². The molecule has 0 bridgehead atoms. The van der Waals surface area contributed by atoms with E-state index in [4.69, 9.17) is 5.73 Å². The normalized spacial score (nSPS) is 20.1. The Kier molecular flexibility index (Phi) is 3.26. The molecule has 5 rings (SSSR count). The quantitative estimate of drug-likeness (QED) is 0.599. The van der Waals surface area contributed by atoms with E-state index in [1.165, 1.54) is 16.9 Å². The van der Waals surface area contributed by atoms with Gasteiger partial charge in [0.15, 0.2) is 0 Å². The van der Waals surface area contributed by atoms with Crippen LogP contribution >= 0.6 is 0 Å². The van der Waals surface area contributed by atoms with Crippen LogP contribution in [0.1, 0.15) is 12.0 Å². The summed E-state index contributed by atoms with van der Waals surface area (Å²) in [6.45, 7) is 0. The number of nitrogens with zero attached hydrogens (tertiary/aromatic N) is 1. The van der Waals surface area contributed by atoms with E-state index in [9.17, 15) is 0 Å². The van der Waals surface area contributed by atoms with Gasteiger partial charge in [-0.15, -0.1) is 0 Å². The Morgan fingerprint density at radius 3 is 2.46 bits per heavy atom. The van der Waals surface area contributed by atoms with Gasteiger partial charge in [-0.05, 0) is 36.2 Å². The predicted molar refractivity (Wildman–Crippen MR) is 109 cm³/mol. The molecule has 0 aromatic heterocycles. The number of anilines is 3. The van der Waals surface area contributed by atoms with Gasteiger partial charge in [-0.2, -0.15) is 0 Å². The average molecular weight is 336 g/mol. The molecule has 0 fully saturated rings. The van der Waals surface area contributed by atoms with Gasteiger partial charge in [-0.25, -0.2) is 0 Å². The molecule has 3 aromatic carbocycles. The van der Waals surface area contributed by atoms with Crippen molar-refractivity contribution in [2.75, 3.05) is 10.6 Å². The lowest BCUT2D eigenvalue weighted by molar-refractivity contribution is 0.497. The monoisotopic (exact) mass is 336 g/mol. The van der Waals surface area contributed by atoms with E-state index in [0.717, 1.165) is 23.2 Å². The van der Waals surface area contributed by atoms with E-state index in [0.29, 0.717) is 0 Å². The Balaban J connectivity index is 1.66. The van der Waals surface area contributed by atoms with Gasteiger partial charge >= 0.3 is 0 Å². The fourth-order valence-electron chi connectivity index (χ4n) is 4.21. The molecule has 126 valence electrons. The van der Waals surface area contributed by atoms with E-state index >= 15 is 0 Å². The number of benzene rings is 3. The molecule has 0 radical (unpaired) electrons. The van der Waals surface area contributed by atoms with Crippen LogP contribution in [-0.4, -0.2) is 0 Å². The standard InChI is InChI=1S/C24H20N2/c25-22-14-13-19(17-20(22)18-9-3-1-4-10-18)26-23-12-6-5-11-21(23)24(26)15-7-2-8-16-24/h1-15,17H,16,25H2. The Morgan fingerprint density at radius 1 is 0.846 bits per heavy atom. The molecule has 26 heavy (non-hydrogen) atoms. The minimum absolute atomic E-state index is 0.0879. The SMILES string of the molecule is Nc1ccc(N2c3ccccc3C23C=CC=CC3)cc1-c1ccccc1. The van der Waals surface area contributed by atoms with Gasteiger partial charge in [-0.1, -0.05) is 72.8 Å². The van der Waals surface area contributed by atoms with Crippen molar-refractivity contribution in [1.82, 2.24) is 0 Å². The third-order valence-electron chi connectivity index (χ3n) is 5.44. The summed E-state index contributed by atoms with van der Waals surface area (Å²) < 4.78 is 0. The minimum Gasteiger partial charge on any atom is -0.398 e. The van der Waals surface area contributed by atoms with E-state index < -0.39 is 0 Å². The van der Waals surface area contributed by atoms with Gasteiger partial charge in [0.25, 0.3) is 0 Å². The van der Waals surface area contributed by atoms with Crippen LogP contribution in [0.25, 0.3) is 11.1 Å². The summed E-state index contributed by atoms with van der Waals surface area (Å²) in [4.78, 5) is 2.44. The highest BCUT2D eigenvalue weighted by molar-refractivity contribution is 5.86. The van der Waals surface area contributed by atoms with Crippen LogP contribution in [0.2, 0.25) is 0 Å². The molecule has 1 aliphatic heterocycles. The van der Waals surface area contributed by atoms with Crippen molar-refractivity contribution >= 4 is 17.1 Å². The Hall–Kier alpha value is -3.26. The first kappa shape index (κ1) is 15.0. The van der Waals surface area contributed by atoms with Gasteiger partial charge in [-0.3, -0.25) is 0 Å². The van der Waals surface area contributed by atoms with Crippen LogP contribution in [0, 0.1) is 0 Å². The first-order valence-corrected chi connectivity index (χ1v) is 8.99. The van der Waals surface area contributed by atoms with Crippen LogP contribution in [0.4, 0.5) is 17.1 Å². The molecule has 2 nitrogen and oxygen atoms in total. The number of rotatable bonds is 2. The van der Waals surface area contributed by atoms with Crippen molar-refractivity contribution in [2.45, 2.75) is 12.0 Å². The van der Waals surface area contributed by atoms with Crippen molar-refractivity contribution < 1.29 is 0 Å². The maximum absolute atomic E-state index is 6.30. The molecule has 2 heteroatoms. The summed E-state index contributed by atoms with van der Waals surface area (Å²) in [5.74, 6) is 0. The number of hydrogen-bond donors (Lipinski definition) is 1. The first-order chi connectivity index (χ1) is 12.8. The fraction of sp³-hybridized carbons (Fsp3) is 0.0833. The van der Waals surface area contributed by atoms with E-state index in [2.05, 4.69) is 89.9 Å². The number of para-hydroxylation sites is 1. The number of nitrogen functional groups attached to an aromatic ring is 1. The first-order valence-electron chi connectivity index (χ1n) is 8.99. The summed E-state index contributed by atoms with van der Waals surface area (Å²) >= 11 is 0. The highest BCUT2D eigenvalue weighted by Crippen LogP contribution is 2.56. The minimum atomic E-state index is -0.0879. The second-order valence-corrected chi connectivity index (χ2v) is 6.91. The van der Waals surface area contributed by atoms with Crippen LogP contribution in [0.3, 0.4) is 0 Å². The molecule has 0 amide bonds. The zero-order chi connectivity index (χ0) is 17.6. The van der Waals surface area contributed by atoms with Crippen LogP contribution in [-0.2, 0) is 5.54 Å². The number of fused-ring (bicyclic) bond motifs is 2. The van der Waals surface area contributed by atoms with E-state index in [1.54, 1.807) is 0 Å². The third kappa shape index (κ3) is 2.05. The van der Waals surface area contributed by atoms with Gasteiger partial charge in [0.05, 0.1) is 5.54 Å². The summed E-state index contributed by atoms with van der Waals surface area (Å²) in [5, 5.41) is 0. The largest absolute Gasteiger partial charge is 0.398 e. The third-order valence-corrected chi connectivity index (χ3v) is 5.44. The summed E-state index contributed by atoms with van der Waals surface area (Å²) in [5.41, 5.74) is 13.1. The number of hydrogen-bond acceptors (Lipinski definition) is 2. The smallest absolute Gasteiger partial charge is 0.0943 e. The Labute approximate surface area is 153 Å². The zero-order valence-electron chi connectivity index (χ0n) is 14.5. The number of nitrogens with two attached hydrogens (primary N) is 1. The maximum atomic E-state index is 6.30.